The summed E-state index contributed by atoms with van der Waals surface area (Å²) in [6, 6.07) is 7.50. The fraction of sp³-hybridized carbons (Fsp3) is 0.421. The van der Waals surface area contributed by atoms with Crippen LogP contribution in [0.5, 0.6) is 0 Å². The van der Waals surface area contributed by atoms with Crippen molar-refractivity contribution < 1.29 is 14.4 Å². The molecule has 6 nitrogen and oxygen atoms in total. The second kappa shape index (κ2) is 4.79. The van der Waals surface area contributed by atoms with Gasteiger partial charge in [0.25, 0.3) is 0 Å². The Labute approximate surface area is 145 Å². The number of benzene rings is 1. The lowest BCUT2D eigenvalue weighted by Crippen LogP contribution is -2.54. The van der Waals surface area contributed by atoms with Crippen molar-refractivity contribution in [3.05, 3.63) is 42.5 Å². The second-order valence-electron chi connectivity index (χ2n) is 7.25. The van der Waals surface area contributed by atoms with Crippen molar-refractivity contribution in [3.8, 4) is 0 Å². The largest absolute Gasteiger partial charge is 0.324 e. The van der Waals surface area contributed by atoms with Crippen LogP contribution in [0.1, 0.15) is 18.4 Å². The van der Waals surface area contributed by atoms with Crippen LogP contribution in [-0.2, 0) is 19.9 Å². The van der Waals surface area contributed by atoms with Crippen LogP contribution < -0.4 is 5.32 Å². The molecule has 6 heteroatoms. The van der Waals surface area contributed by atoms with Gasteiger partial charge in [-0.3, -0.25) is 24.2 Å². The molecule has 0 bridgehead atoms. The predicted octanol–water partition coefficient (Wildman–Crippen LogP) is 1.10. The first-order chi connectivity index (χ1) is 12.1. The molecule has 0 unspecified atom stereocenters. The molecule has 4 aliphatic heterocycles. The molecule has 1 spiro atoms. The van der Waals surface area contributed by atoms with Gasteiger partial charge in [-0.05, 0) is 25.5 Å². The molecule has 0 aliphatic carbocycles. The van der Waals surface area contributed by atoms with Crippen LogP contribution in [0.2, 0.25) is 0 Å². The Morgan fingerprint density at radius 1 is 1.24 bits per heavy atom. The smallest absolute Gasteiger partial charge is 0.250 e. The first-order valence-electron chi connectivity index (χ1n) is 8.76. The van der Waals surface area contributed by atoms with Gasteiger partial charge in [0.05, 0.1) is 11.8 Å². The zero-order valence-electron chi connectivity index (χ0n) is 13.8. The Balaban J connectivity index is 1.75. The van der Waals surface area contributed by atoms with Crippen molar-refractivity contribution in [1.82, 2.24) is 9.80 Å². The summed E-state index contributed by atoms with van der Waals surface area (Å²) in [7, 11) is 0. The summed E-state index contributed by atoms with van der Waals surface area (Å²) >= 11 is 0. The first kappa shape index (κ1) is 14.8. The lowest BCUT2D eigenvalue weighted by molar-refractivity contribution is -0.145. The standard InChI is InChI=1S/C19H19N3O3/c1-2-9-21-16(23)14-13-8-5-10-22(13)19(15(14)17(21)24)11-6-3-4-7-12(11)20-18(19)25/h2-4,6-7,13-15H,1,5,8-10H2,(H,20,25)/t13-,14-,15+,19+/m0/s1. The molecule has 3 fully saturated rings. The number of nitrogens with one attached hydrogen (secondary N) is 1. The lowest BCUT2D eigenvalue weighted by Gasteiger charge is -2.36. The van der Waals surface area contributed by atoms with Crippen molar-refractivity contribution >= 4 is 23.4 Å². The molecule has 5 rings (SSSR count). The number of amides is 3. The van der Waals surface area contributed by atoms with E-state index in [9.17, 15) is 14.4 Å². The fourth-order valence-electron chi connectivity index (χ4n) is 5.53. The Bertz CT molecular complexity index is 835. The van der Waals surface area contributed by atoms with Crippen LogP contribution in [0.25, 0.3) is 0 Å². The topological polar surface area (TPSA) is 69.7 Å². The van der Waals surface area contributed by atoms with Gasteiger partial charge in [0.1, 0.15) is 5.54 Å². The molecule has 3 amide bonds. The molecule has 25 heavy (non-hydrogen) atoms. The molecule has 4 heterocycles. The monoisotopic (exact) mass is 337 g/mol. The fourth-order valence-corrected chi connectivity index (χ4v) is 5.53. The summed E-state index contributed by atoms with van der Waals surface area (Å²) in [6.45, 7) is 4.60. The van der Waals surface area contributed by atoms with E-state index in [1.807, 2.05) is 24.3 Å². The number of fused-ring (bicyclic) bond motifs is 7. The number of imide groups is 1. The van der Waals surface area contributed by atoms with Gasteiger partial charge >= 0.3 is 0 Å². The second-order valence-corrected chi connectivity index (χ2v) is 7.25. The van der Waals surface area contributed by atoms with E-state index in [1.54, 1.807) is 6.08 Å². The van der Waals surface area contributed by atoms with Gasteiger partial charge in [-0.2, -0.15) is 0 Å². The lowest BCUT2D eigenvalue weighted by atomic mass is 9.75. The molecule has 0 radical (unpaired) electrons. The molecule has 4 aliphatic rings. The maximum atomic E-state index is 13.2. The number of carbonyl (C=O) groups excluding carboxylic acids is 3. The number of para-hydroxylation sites is 1. The van der Waals surface area contributed by atoms with Gasteiger partial charge in [0.15, 0.2) is 0 Å². The number of rotatable bonds is 2. The van der Waals surface area contributed by atoms with Crippen molar-refractivity contribution in [3.63, 3.8) is 0 Å². The summed E-state index contributed by atoms with van der Waals surface area (Å²) < 4.78 is 0. The highest BCUT2D eigenvalue weighted by atomic mass is 16.2. The minimum absolute atomic E-state index is 0.0480. The molecule has 128 valence electrons. The van der Waals surface area contributed by atoms with Gasteiger partial charge in [-0.1, -0.05) is 24.3 Å². The van der Waals surface area contributed by atoms with Crippen LogP contribution in [-0.4, -0.2) is 46.7 Å². The van der Waals surface area contributed by atoms with Crippen LogP contribution in [0, 0.1) is 11.8 Å². The highest BCUT2D eigenvalue weighted by Crippen LogP contribution is 2.60. The van der Waals surface area contributed by atoms with E-state index in [4.69, 9.17) is 0 Å². The first-order valence-corrected chi connectivity index (χ1v) is 8.76. The summed E-state index contributed by atoms with van der Waals surface area (Å²) in [5.41, 5.74) is 0.535. The quantitative estimate of drug-likeness (QED) is 0.648. The van der Waals surface area contributed by atoms with Crippen molar-refractivity contribution in [1.29, 1.82) is 0 Å². The highest BCUT2D eigenvalue weighted by molar-refractivity contribution is 6.15. The van der Waals surface area contributed by atoms with Crippen molar-refractivity contribution in [2.24, 2.45) is 11.8 Å². The number of hydrogen-bond acceptors (Lipinski definition) is 4. The van der Waals surface area contributed by atoms with Crippen LogP contribution in [0.3, 0.4) is 0 Å². The van der Waals surface area contributed by atoms with E-state index >= 15 is 0 Å². The number of likely N-dealkylation sites (tertiary alicyclic amines) is 1. The minimum Gasteiger partial charge on any atom is -0.324 e. The van der Waals surface area contributed by atoms with E-state index in [-0.39, 0.29) is 30.3 Å². The molecule has 0 aromatic heterocycles. The maximum absolute atomic E-state index is 13.2. The molecule has 0 saturated carbocycles. The molecule has 1 aromatic carbocycles. The summed E-state index contributed by atoms with van der Waals surface area (Å²) in [6.07, 6.45) is 3.35. The Morgan fingerprint density at radius 3 is 2.84 bits per heavy atom. The summed E-state index contributed by atoms with van der Waals surface area (Å²) in [4.78, 5) is 42.8. The third-order valence-corrected chi connectivity index (χ3v) is 6.30. The average Bonchev–Trinajstić information content (AvgIpc) is 3.29. The van der Waals surface area contributed by atoms with Gasteiger partial charge in [0, 0.05) is 23.8 Å². The van der Waals surface area contributed by atoms with Crippen molar-refractivity contribution in [2.45, 2.75) is 24.4 Å². The molecular formula is C19H19N3O3. The Morgan fingerprint density at radius 2 is 2.04 bits per heavy atom. The zero-order chi connectivity index (χ0) is 17.3. The molecule has 3 saturated heterocycles. The Hall–Kier alpha value is -2.47. The summed E-state index contributed by atoms with van der Waals surface area (Å²) in [5.74, 6) is -1.65. The van der Waals surface area contributed by atoms with E-state index in [2.05, 4.69) is 16.8 Å². The van der Waals surface area contributed by atoms with E-state index in [1.165, 1.54) is 4.90 Å². The SMILES string of the molecule is C=CCN1C(=O)[C@H]2[C@@H]3CCCN3[C@@]3(C(=O)Nc4ccccc43)[C@H]2C1=O. The number of nitrogens with zero attached hydrogens (tertiary/aromatic N) is 2. The van der Waals surface area contributed by atoms with Gasteiger partial charge in [0.2, 0.25) is 17.7 Å². The maximum Gasteiger partial charge on any atom is 0.250 e. The Kier molecular flexibility index (Phi) is 2.84. The van der Waals surface area contributed by atoms with E-state index in [0.29, 0.717) is 0 Å². The predicted molar refractivity (Wildman–Crippen MR) is 90.4 cm³/mol. The number of hydrogen-bond donors (Lipinski definition) is 1. The van der Waals surface area contributed by atoms with Crippen LogP contribution in [0.4, 0.5) is 5.69 Å². The van der Waals surface area contributed by atoms with Crippen LogP contribution in [0.15, 0.2) is 36.9 Å². The van der Waals surface area contributed by atoms with Gasteiger partial charge < -0.3 is 5.32 Å². The third kappa shape index (κ3) is 1.52. The highest BCUT2D eigenvalue weighted by Gasteiger charge is 2.74. The van der Waals surface area contributed by atoms with E-state index < -0.39 is 17.4 Å². The number of anilines is 1. The van der Waals surface area contributed by atoms with Crippen LogP contribution >= 0.6 is 0 Å². The third-order valence-electron chi connectivity index (χ3n) is 6.30. The summed E-state index contributed by atoms with van der Waals surface area (Å²) in [5, 5.41) is 2.95. The normalized spacial score (nSPS) is 35.9. The van der Waals surface area contributed by atoms with Gasteiger partial charge in [-0.15, -0.1) is 6.58 Å². The zero-order valence-corrected chi connectivity index (χ0v) is 13.8. The molecule has 1 N–H and O–H groups in total. The van der Waals surface area contributed by atoms with Crippen molar-refractivity contribution in [2.75, 3.05) is 18.4 Å². The minimum atomic E-state index is -1.05. The molecule has 1 aromatic rings. The average molecular weight is 337 g/mol. The molecular weight excluding hydrogens is 318 g/mol. The number of carbonyl (C=O) groups is 3. The van der Waals surface area contributed by atoms with E-state index in [0.717, 1.165) is 30.6 Å². The van der Waals surface area contributed by atoms with Gasteiger partial charge in [-0.25, -0.2) is 0 Å². The molecule has 4 atom stereocenters.